The van der Waals surface area contributed by atoms with Gasteiger partial charge in [0.1, 0.15) is 0 Å². The van der Waals surface area contributed by atoms with Gasteiger partial charge in [0.25, 0.3) is 0 Å². The standard InChI is InChI=1S/C14H19IN4/c1-2-18-7-3-4-11(18)9-19-13-6-5-10(15)8-12(13)17-14(19)16/h5-6,8,11H,2-4,7,9H2,1H3,(H2,16,17). The summed E-state index contributed by atoms with van der Waals surface area (Å²) in [5, 5.41) is 0. The predicted molar refractivity (Wildman–Crippen MR) is 87.1 cm³/mol. The van der Waals surface area contributed by atoms with Crippen molar-refractivity contribution in [2.75, 3.05) is 18.8 Å². The molecule has 2 heterocycles. The molecule has 5 heteroatoms. The Morgan fingerprint density at radius 2 is 2.32 bits per heavy atom. The first-order valence-electron chi connectivity index (χ1n) is 6.84. The zero-order chi connectivity index (χ0) is 13.4. The number of nitrogens with two attached hydrogens (primary N) is 1. The van der Waals surface area contributed by atoms with Gasteiger partial charge < -0.3 is 10.3 Å². The average Bonchev–Trinajstić information content (AvgIpc) is 2.95. The molecule has 0 aliphatic carbocycles. The number of aromatic nitrogens is 2. The van der Waals surface area contributed by atoms with Crippen molar-refractivity contribution < 1.29 is 0 Å². The van der Waals surface area contributed by atoms with Gasteiger partial charge >= 0.3 is 0 Å². The van der Waals surface area contributed by atoms with Crippen LogP contribution in [-0.2, 0) is 6.54 Å². The van der Waals surface area contributed by atoms with Gasteiger partial charge in [-0.3, -0.25) is 4.90 Å². The Hall–Kier alpha value is -0.820. The van der Waals surface area contributed by atoms with E-state index in [0.717, 1.165) is 24.1 Å². The number of anilines is 1. The first-order chi connectivity index (χ1) is 9.19. The fourth-order valence-corrected chi connectivity index (χ4v) is 3.52. The SMILES string of the molecule is CCN1CCCC1Cn1c(N)nc2cc(I)ccc21. The number of hydrogen-bond donors (Lipinski definition) is 1. The number of nitrogens with zero attached hydrogens (tertiary/aromatic N) is 3. The topological polar surface area (TPSA) is 47.1 Å². The van der Waals surface area contributed by atoms with Crippen molar-refractivity contribution >= 4 is 39.6 Å². The lowest BCUT2D eigenvalue weighted by molar-refractivity contribution is 0.246. The van der Waals surface area contributed by atoms with Crippen LogP contribution in [0.25, 0.3) is 11.0 Å². The molecule has 2 aromatic rings. The van der Waals surface area contributed by atoms with Crippen LogP contribution in [0.15, 0.2) is 18.2 Å². The molecular weight excluding hydrogens is 351 g/mol. The summed E-state index contributed by atoms with van der Waals surface area (Å²) in [7, 11) is 0. The van der Waals surface area contributed by atoms with Crippen LogP contribution in [0.3, 0.4) is 0 Å². The molecule has 0 radical (unpaired) electrons. The average molecular weight is 370 g/mol. The molecule has 0 amide bonds. The van der Waals surface area contributed by atoms with Gasteiger partial charge in [0.05, 0.1) is 11.0 Å². The highest BCUT2D eigenvalue weighted by molar-refractivity contribution is 14.1. The molecule has 1 atom stereocenters. The molecule has 3 rings (SSSR count). The van der Waals surface area contributed by atoms with E-state index in [1.807, 2.05) is 0 Å². The summed E-state index contributed by atoms with van der Waals surface area (Å²) < 4.78 is 3.37. The van der Waals surface area contributed by atoms with Crippen LogP contribution in [0.4, 0.5) is 5.95 Å². The summed E-state index contributed by atoms with van der Waals surface area (Å²) in [4.78, 5) is 7.02. The van der Waals surface area contributed by atoms with Gasteiger partial charge in [0, 0.05) is 16.2 Å². The number of halogens is 1. The van der Waals surface area contributed by atoms with E-state index in [2.05, 4.69) is 62.2 Å². The van der Waals surface area contributed by atoms with Gasteiger partial charge in [-0.2, -0.15) is 0 Å². The molecule has 0 spiro atoms. The summed E-state index contributed by atoms with van der Waals surface area (Å²) >= 11 is 2.31. The summed E-state index contributed by atoms with van der Waals surface area (Å²) in [6, 6.07) is 6.94. The normalized spacial score (nSPS) is 20.4. The van der Waals surface area contributed by atoms with Gasteiger partial charge in [-0.15, -0.1) is 0 Å². The smallest absolute Gasteiger partial charge is 0.201 e. The van der Waals surface area contributed by atoms with Gasteiger partial charge in [-0.25, -0.2) is 4.98 Å². The molecule has 2 N–H and O–H groups in total. The van der Waals surface area contributed by atoms with E-state index in [1.54, 1.807) is 0 Å². The van der Waals surface area contributed by atoms with Crippen LogP contribution >= 0.6 is 22.6 Å². The molecular formula is C14H19IN4. The summed E-state index contributed by atoms with van der Waals surface area (Å²) in [5.74, 6) is 0.639. The fourth-order valence-electron chi connectivity index (χ4n) is 3.04. The Bertz CT molecular complexity index is 592. The Kier molecular flexibility index (Phi) is 3.66. The molecule has 1 aliphatic rings. The van der Waals surface area contributed by atoms with E-state index < -0.39 is 0 Å². The Morgan fingerprint density at radius 1 is 1.47 bits per heavy atom. The van der Waals surface area contributed by atoms with E-state index in [1.165, 1.54) is 23.0 Å². The number of imidazole rings is 1. The lowest BCUT2D eigenvalue weighted by Crippen LogP contribution is -2.32. The summed E-state index contributed by atoms with van der Waals surface area (Å²) in [6.07, 6.45) is 2.56. The third-order valence-corrected chi connectivity index (χ3v) is 4.71. The summed E-state index contributed by atoms with van der Waals surface area (Å²) in [6.45, 7) is 5.52. The van der Waals surface area contributed by atoms with Crippen molar-refractivity contribution in [3.05, 3.63) is 21.8 Å². The lowest BCUT2D eigenvalue weighted by Gasteiger charge is -2.23. The first-order valence-corrected chi connectivity index (χ1v) is 7.92. The maximum Gasteiger partial charge on any atom is 0.201 e. The molecule has 1 saturated heterocycles. The van der Waals surface area contributed by atoms with Crippen LogP contribution < -0.4 is 5.73 Å². The molecule has 1 aliphatic heterocycles. The quantitative estimate of drug-likeness (QED) is 0.846. The van der Waals surface area contributed by atoms with E-state index in [4.69, 9.17) is 5.73 Å². The molecule has 1 aromatic heterocycles. The number of likely N-dealkylation sites (tertiary alicyclic amines) is 1. The highest BCUT2D eigenvalue weighted by atomic mass is 127. The molecule has 0 bridgehead atoms. The maximum absolute atomic E-state index is 6.10. The van der Waals surface area contributed by atoms with E-state index >= 15 is 0 Å². The fraction of sp³-hybridized carbons (Fsp3) is 0.500. The third-order valence-electron chi connectivity index (χ3n) is 4.04. The zero-order valence-electron chi connectivity index (χ0n) is 11.1. The second kappa shape index (κ2) is 5.28. The molecule has 1 unspecified atom stereocenters. The number of likely N-dealkylation sites (N-methyl/N-ethyl adjacent to an activating group) is 1. The molecule has 4 nitrogen and oxygen atoms in total. The van der Waals surface area contributed by atoms with Crippen molar-refractivity contribution in [3.8, 4) is 0 Å². The second-order valence-electron chi connectivity index (χ2n) is 5.14. The number of fused-ring (bicyclic) bond motifs is 1. The van der Waals surface area contributed by atoms with Gasteiger partial charge in [0.2, 0.25) is 5.95 Å². The van der Waals surface area contributed by atoms with Crippen LogP contribution in [-0.4, -0.2) is 33.6 Å². The third kappa shape index (κ3) is 2.45. The van der Waals surface area contributed by atoms with Crippen molar-refractivity contribution in [2.45, 2.75) is 32.4 Å². The minimum absolute atomic E-state index is 0.601. The van der Waals surface area contributed by atoms with Crippen LogP contribution in [0.1, 0.15) is 19.8 Å². The van der Waals surface area contributed by atoms with Crippen molar-refractivity contribution in [2.24, 2.45) is 0 Å². The van der Waals surface area contributed by atoms with Crippen LogP contribution in [0.5, 0.6) is 0 Å². The monoisotopic (exact) mass is 370 g/mol. The van der Waals surface area contributed by atoms with Gasteiger partial charge in [0.15, 0.2) is 0 Å². The highest BCUT2D eigenvalue weighted by Crippen LogP contribution is 2.24. The van der Waals surface area contributed by atoms with Crippen LogP contribution in [0, 0.1) is 3.57 Å². The van der Waals surface area contributed by atoms with Crippen molar-refractivity contribution in [1.82, 2.24) is 14.5 Å². The Morgan fingerprint density at radius 3 is 3.11 bits per heavy atom. The lowest BCUT2D eigenvalue weighted by atomic mass is 10.2. The van der Waals surface area contributed by atoms with Gasteiger partial charge in [-0.05, 0) is 66.7 Å². The number of hydrogen-bond acceptors (Lipinski definition) is 3. The zero-order valence-corrected chi connectivity index (χ0v) is 13.3. The largest absolute Gasteiger partial charge is 0.369 e. The molecule has 1 fully saturated rings. The summed E-state index contributed by atoms with van der Waals surface area (Å²) in [5.41, 5.74) is 8.26. The van der Waals surface area contributed by atoms with Crippen LogP contribution in [0.2, 0.25) is 0 Å². The van der Waals surface area contributed by atoms with E-state index in [-0.39, 0.29) is 0 Å². The Labute approximate surface area is 127 Å². The van der Waals surface area contributed by atoms with E-state index in [9.17, 15) is 0 Å². The minimum atomic E-state index is 0.601. The minimum Gasteiger partial charge on any atom is -0.369 e. The predicted octanol–water partition coefficient (Wildman–Crippen LogP) is 2.71. The number of nitrogen functional groups attached to an aromatic ring is 1. The maximum atomic E-state index is 6.10. The first kappa shape index (κ1) is 13.2. The van der Waals surface area contributed by atoms with Crippen molar-refractivity contribution in [3.63, 3.8) is 0 Å². The highest BCUT2D eigenvalue weighted by Gasteiger charge is 2.24. The van der Waals surface area contributed by atoms with E-state index in [0.29, 0.717) is 12.0 Å². The molecule has 102 valence electrons. The molecule has 1 aromatic carbocycles. The van der Waals surface area contributed by atoms with Crippen molar-refractivity contribution in [1.29, 1.82) is 0 Å². The second-order valence-corrected chi connectivity index (χ2v) is 6.38. The number of benzene rings is 1. The molecule has 0 saturated carbocycles. The number of rotatable bonds is 3. The molecule has 19 heavy (non-hydrogen) atoms. The van der Waals surface area contributed by atoms with Gasteiger partial charge in [-0.1, -0.05) is 6.92 Å². The Balaban J connectivity index is 1.94.